The number of piperidine rings is 1. The molecule has 7 rings (SSSR count). The van der Waals surface area contributed by atoms with Crippen molar-refractivity contribution < 1.29 is 33.2 Å². The van der Waals surface area contributed by atoms with E-state index in [-0.39, 0.29) is 24.6 Å². The number of hydrogen-bond acceptors (Lipinski definition) is 5. The number of alkyl halides is 3. The van der Waals surface area contributed by atoms with Gasteiger partial charge in [-0.2, -0.15) is 13.2 Å². The standard InChI is InChI=1S/C23H26F3NO4/c1-3-27-9-8-21-16-12-4-5-13(28)17(16)31-18(21)22(30)7-6-20(21,15(27)10-12)11-14(22)19(2,29)23(24,25)26/h3-5,14-15,18,28-30H,1,6-11H2,2H3/t14-,15-,18-,19-,20-,21+,22-/m1/s1. The molecule has 168 valence electrons. The molecule has 4 fully saturated rings. The van der Waals surface area contributed by atoms with E-state index in [0.717, 1.165) is 18.1 Å². The Bertz CT molecular complexity index is 1010. The number of ether oxygens (including phenoxy) is 1. The average Bonchev–Trinajstić information content (AvgIpc) is 3.06. The molecule has 3 N–H and O–H groups in total. The minimum Gasteiger partial charge on any atom is -0.504 e. The largest absolute Gasteiger partial charge is 0.504 e. The first-order chi connectivity index (χ1) is 14.4. The van der Waals surface area contributed by atoms with Crippen LogP contribution in [0.4, 0.5) is 13.2 Å². The number of phenolic OH excluding ortho intramolecular Hbond substituents is 1. The van der Waals surface area contributed by atoms with Gasteiger partial charge in [-0.1, -0.05) is 12.6 Å². The number of rotatable bonds is 2. The summed E-state index contributed by atoms with van der Waals surface area (Å²) in [6.45, 7) is 5.37. The fraction of sp³-hybridized carbons (Fsp3) is 0.652. The second-order valence-electron chi connectivity index (χ2n) is 10.4. The highest BCUT2D eigenvalue weighted by atomic mass is 19.4. The monoisotopic (exact) mass is 437 g/mol. The molecule has 0 amide bonds. The first kappa shape index (κ1) is 19.7. The molecule has 0 radical (unpaired) electrons. The molecule has 7 atom stereocenters. The lowest BCUT2D eigenvalue weighted by Gasteiger charge is -2.74. The maximum atomic E-state index is 14.0. The molecule has 3 saturated carbocycles. The lowest BCUT2D eigenvalue weighted by Crippen LogP contribution is -2.82. The summed E-state index contributed by atoms with van der Waals surface area (Å²) < 4.78 is 48.2. The molecule has 1 saturated heterocycles. The zero-order chi connectivity index (χ0) is 22.2. The second-order valence-corrected chi connectivity index (χ2v) is 10.4. The predicted molar refractivity (Wildman–Crippen MR) is 105 cm³/mol. The molecular weight excluding hydrogens is 411 g/mol. The van der Waals surface area contributed by atoms with Crippen molar-refractivity contribution in [2.75, 3.05) is 6.54 Å². The van der Waals surface area contributed by atoms with Gasteiger partial charge in [0, 0.05) is 34.9 Å². The first-order valence-corrected chi connectivity index (χ1v) is 10.9. The Morgan fingerprint density at radius 3 is 2.68 bits per heavy atom. The van der Waals surface area contributed by atoms with Crippen LogP contribution in [0.25, 0.3) is 0 Å². The van der Waals surface area contributed by atoms with Gasteiger partial charge in [-0.05, 0) is 56.9 Å². The van der Waals surface area contributed by atoms with Gasteiger partial charge in [0.2, 0.25) is 0 Å². The molecule has 4 bridgehead atoms. The number of aromatic hydroxyl groups is 1. The van der Waals surface area contributed by atoms with Crippen molar-refractivity contribution in [2.45, 2.75) is 74.0 Å². The maximum Gasteiger partial charge on any atom is 0.417 e. The van der Waals surface area contributed by atoms with Crippen LogP contribution >= 0.6 is 0 Å². The van der Waals surface area contributed by atoms with Crippen molar-refractivity contribution in [3.63, 3.8) is 0 Å². The van der Waals surface area contributed by atoms with Crippen LogP contribution in [0, 0.1) is 11.3 Å². The molecule has 2 spiro atoms. The lowest BCUT2D eigenvalue weighted by atomic mass is 9.34. The number of phenols is 1. The van der Waals surface area contributed by atoms with Gasteiger partial charge in [0.05, 0.1) is 0 Å². The number of fused-ring (bicyclic) bond motifs is 2. The highest BCUT2D eigenvalue weighted by Crippen LogP contribution is 2.77. The predicted octanol–water partition coefficient (Wildman–Crippen LogP) is 3.01. The molecule has 5 nitrogen and oxygen atoms in total. The van der Waals surface area contributed by atoms with Crippen LogP contribution in [0.3, 0.4) is 0 Å². The molecule has 2 aliphatic heterocycles. The minimum atomic E-state index is -4.89. The van der Waals surface area contributed by atoms with Crippen molar-refractivity contribution in [1.29, 1.82) is 0 Å². The summed E-state index contributed by atoms with van der Waals surface area (Å²) >= 11 is 0. The molecule has 6 aliphatic rings. The van der Waals surface area contributed by atoms with E-state index in [0.29, 0.717) is 31.6 Å². The third-order valence-electron chi connectivity index (χ3n) is 9.54. The maximum absolute atomic E-state index is 14.0. The van der Waals surface area contributed by atoms with Crippen molar-refractivity contribution in [3.05, 3.63) is 36.0 Å². The average molecular weight is 437 g/mol. The van der Waals surface area contributed by atoms with E-state index in [4.69, 9.17) is 4.74 Å². The van der Waals surface area contributed by atoms with Crippen molar-refractivity contribution in [2.24, 2.45) is 11.3 Å². The molecule has 2 heterocycles. The molecule has 0 unspecified atom stereocenters. The summed E-state index contributed by atoms with van der Waals surface area (Å²) in [6, 6.07) is 3.32. The zero-order valence-electron chi connectivity index (χ0n) is 17.2. The van der Waals surface area contributed by atoms with Crippen LogP contribution in [0.15, 0.2) is 24.9 Å². The lowest BCUT2D eigenvalue weighted by molar-refractivity contribution is -0.343. The molecular formula is C23H26F3NO4. The van der Waals surface area contributed by atoms with Crippen molar-refractivity contribution in [3.8, 4) is 11.5 Å². The van der Waals surface area contributed by atoms with Gasteiger partial charge in [-0.15, -0.1) is 0 Å². The number of aliphatic hydroxyl groups is 2. The van der Waals surface area contributed by atoms with Gasteiger partial charge in [-0.25, -0.2) is 0 Å². The van der Waals surface area contributed by atoms with E-state index in [2.05, 4.69) is 11.5 Å². The molecule has 1 aromatic carbocycles. The molecule has 0 aromatic heterocycles. The second kappa shape index (κ2) is 5.34. The third-order valence-corrected chi connectivity index (χ3v) is 9.54. The summed E-state index contributed by atoms with van der Waals surface area (Å²) in [6.07, 6.45) is -2.19. The topological polar surface area (TPSA) is 73.2 Å². The zero-order valence-corrected chi connectivity index (χ0v) is 17.2. The third kappa shape index (κ3) is 1.87. The minimum absolute atomic E-state index is 0.0411. The quantitative estimate of drug-likeness (QED) is 0.664. The van der Waals surface area contributed by atoms with Gasteiger partial charge < -0.3 is 25.0 Å². The summed E-state index contributed by atoms with van der Waals surface area (Å²) in [5.41, 5.74) is -4.37. The number of likely N-dealkylation sites (tertiary alicyclic amines) is 1. The van der Waals surface area contributed by atoms with Gasteiger partial charge in [0.1, 0.15) is 11.7 Å². The van der Waals surface area contributed by atoms with Gasteiger partial charge in [0.25, 0.3) is 0 Å². The smallest absolute Gasteiger partial charge is 0.417 e. The first-order valence-electron chi connectivity index (χ1n) is 10.9. The normalized spacial score (nSPS) is 43.8. The highest BCUT2D eigenvalue weighted by molar-refractivity contribution is 5.63. The summed E-state index contributed by atoms with van der Waals surface area (Å²) in [5, 5.41) is 33.2. The summed E-state index contributed by atoms with van der Waals surface area (Å²) in [4.78, 5) is 2.12. The fourth-order valence-corrected chi connectivity index (χ4v) is 8.24. The van der Waals surface area contributed by atoms with Gasteiger partial charge >= 0.3 is 6.18 Å². The van der Waals surface area contributed by atoms with E-state index < -0.39 is 40.2 Å². The van der Waals surface area contributed by atoms with Crippen LogP contribution in [0.5, 0.6) is 11.5 Å². The molecule has 8 heteroatoms. The summed E-state index contributed by atoms with van der Waals surface area (Å²) in [7, 11) is 0. The van der Waals surface area contributed by atoms with Gasteiger partial charge in [-0.3, -0.25) is 0 Å². The van der Waals surface area contributed by atoms with Crippen molar-refractivity contribution in [1.82, 2.24) is 4.90 Å². The Kier molecular flexibility index (Phi) is 3.40. The SMILES string of the molecule is C=CN1CC[C@]23c4c5ccc(O)c4O[C@H]2[C@@]2(O)CC[C@@]3(C[C@@H]2[C@@](C)(O)C(F)(F)F)[C@H]1C5. The molecule has 4 aliphatic carbocycles. The number of halogens is 3. The Labute approximate surface area is 178 Å². The van der Waals surface area contributed by atoms with E-state index in [1.54, 1.807) is 12.3 Å². The van der Waals surface area contributed by atoms with E-state index in [1.807, 2.05) is 6.07 Å². The van der Waals surface area contributed by atoms with Crippen LogP contribution in [0.1, 0.15) is 43.7 Å². The highest BCUT2D eigenvalue weighted by Gasteiger charge is 2.82. The molecule has 31 heavy (non-hydrogen) atoms. The van der Waals surface area contributed by atoms with E-state index in [1.165, 1.54) is 0 Å². The van der Waals surface area contributed by atoms with Crippen LogP contribution < -0.4 is 4.74 Å². The van der Waals surface area contributed by atoms with Crippen LogP contribution in [-0.2, 0) is 11.8 Å². The fourth-order valence-electron chi connectivity index (χ4n) is 8.24. The Morgan fingerprint density at radius 1 is 1.26 bits per heavy atom. The summed E-state index contributed by atoms with van der Waals surface area (Å²) in [5.74, 6) is -1.19. The Morgan fingerprint density at radius 2 is 2.00 bits per heavy atom. The Hall–Kier alpha value is -1.93. The van der Waals surface area contributed by atoms with Gasteiger partial charge in [0.15, 0.2) is 17.1 Å². The van der Waals surface area contributed by atoms with E-state index in [9.17, 15) is 28.5 Å². The van der Waals surface area contributed by atoms with E-state index >= 15 is 0 Å². The molecule has 1 aromatic rings. The van der Waals surface area contributed by atoms with Crippen LogP contribution in [0.2, 0.25) is 0 Å². The van der Waals surface area contributed by atoms with Crippen LogP contribution in [-0.4, -0.2) is 56.3 Å². The number of hydrogen-bond donors (Lipinski definition) is 3. The number of nitrogens with zero attached hydrogens (tertiary/aromatic N) is 1. The van der Waals surface area contributed by atoms with Crippen molar-refractivity contribution >= 4 is 0 Å². The number of benzene rings is 1. The Balaban J connectivity index is 1.64.